The number of methoxy groups -OCH3 is 1. The molecule has 1 aromatic carbocycles. The molecule has 24 heavy (non-hydrogen) atoms. The zero-order valence-electron chi connectivity index (χ0n) is 13.6. The minimum Gasteiger partial charge on any atom is -0.497 e. The van der Waals surface area contributed by atoms with E-state index in [0.717, 1.165) is 41.4 Å². The zero-order chi connectivity index (χ0) is 16.5. The normalized spacial score (nSPS) is 13.7. The van der Waals surface area contributed by atoms with Gasteiger partial charge in [-0.05, 0) is 19.1 Å². The summed E-state index contributed by atoms with van der Waals surface area (Å²) in [5.41, 5.74) is 3.07. The SMILES string of the molecule is COc1cccc(-c2noc(N3CCc4nc(C)ncc4C3)n2)c1. The van der Waals surface area contributed by atoms with Gasteiger partial charge in [-0.2, -0.15) is 4.98 Å². The summed E-state index contributed by atoms with van der Waals surface area (Å²) < 4.78 is 10.7. The zero-order valence-corrected chi connectivity index (χ0v) is 13.6. The Morgan fingerprint density at radius 2 is 2.17 bits per heavy atom. The number of benzene rings is 1. The van der Waals surface area contributed by atoms with Crippen LogP contribution in [0.1, 0.15) is 17.1 Å². The minimum atomic E-state index is 0.513. The Hall–Kier alpha value is -2.96. The molecule has 4 rings (SSSR count). The number of fused-ring (bicyclic) bond motifs is 1. The van der Waals surface area contributed by atoms with Crippen molar-refractivity contribution < 1.29 is 9.26 Å². The summed E-state index contributed by atoms with van der Waals surface area (Å²) in [4.78, 5) is 15.3. The van der Waals surface area contributed by atoms with E-state index in [1.807, 2.05) is 37.4 Å². The maximum Gasteiger partial charge on any atom is 0.324 e. The van der Waals surface area contributed by atoms with Crippen molar-refractivity contribution in [2.45, 2.75) is 19.9 Å². The van der Waals surface area contributed by atoms with Crippen molar-refractivity contribution in [3.63, 3.8) is 0 Å². The number of aromatic nitrogens is 4. The Morgan fingerprint density at radius 3 is 3.04 bits per heavy atom. The van der Waals surface area contributed by atoms with Crippen LogP contribution in [-0.4, -0.2) is 33.8 Å². The molecule has 0 spiro atoms. The van der Waals surface area contributed by atoms with E-state index in [0.29, 0.717) is 18.4 Å². The lowest BCUT2D eigenvalue weighted by atomic mass is 10.1. The molecule has 0 radical (unpaired) electrons. The Morgan fingerprint density at radius 1 is 1.25 bits per heavy atom. The molecular formula is C17H17N5O2. The van der Waals surface area contributed by atoms with Gasteiger partial charge in [0, 0.05) is 30.3 Å². The van der Waals surface area contributed by atoms with Crippen molar-refractivity contribution in [2.24, 2.45) is 0 Å². The molecule has 0 unspecified atom stereocenters. The average Bonchev–Trinajstić information content (AvgIpc) is 3.11. The Labute approximate surface area is 139 Å². The molecule has 0 saturated carbocycles. The molecule has 1 aliphatic heterocycles. The summed E-state index contributed by atoms with van der Waals surface area (Å²) in [7, 11) is 1.63. The van der Waals surface area contributed by atoms with E-state index >= 15 is 0 Å². The molecule has 3 aromatic rings. The average molecular weight is 323 g/mol. The maximum atomic E-state index is 5.45. The number of hydrogen-bond donors (Lipinski definition) is 0. The topological polar surface area (TPSA) is 77.2 Å². The van der Waals surface area contributed by atoms with Crippen LogP contribution in [0.15, 0.2) is 35.0 Å². The summed E-state index contributed by atoms with van der Waals surface area (Å²) >= 11 is 0. The van der Waals surface area contributed by atoms with Gasteiger partial charge in [-0.25, -0.2) is 9.97 Å². The van der Waals surface area contributed by atoms with Crippen LogP contribution in [0.3, 0.4) is 0 Å². The minimum absolute atomic E-state index is 0.513. The fraction of sp³-hybridized carbons (Fsp3) is 0.294. The van der Waals surface area contributed by atoms with Gasteiger partial charge in [0.15, 0.2) is 0 Å². The molecule has 7 heteroatoms. The summed E-state index contributed by atoms with van der Waals surface area (Å²) in [6, 6.07) is 8.12. The van der Waals surface area contributed by atoms with Crippen LogP contribution >= 0.6 is 0 Å². The van der Waals surface area contributed by atoms with Gasteiger partial charge in [0.2, 0.25) is 5.82 Å². The van der Waals surface area contributed by atoms with Crippen molar-refractivity contribution in [1.29, 1.82) is 0 Å². The molecule has 0 amide bonds. The molecule has 0 saturated heterocycles. The van der Waals surface area contributed by atoms with Crippen LogP contribution in [0.4, 0.5) is 6.01 Å². The summed E-state index contributed by atoms with van der Waals surface area (Å²) in [6.45, 7) is 3.38. The summed E-state index contributed by atoms with van der Waals surface area (Å²) in [5, 5.41) is 4.09. The number of rotatable bonds is 3. The van der Waals surface area contributed by atoms with Crippen LogP contribution in [0.5, 0.6) is 5.75 Å². The lowest BCUT2D eigenvalue weighted by Gasteiger charge is -2.25. The number of ether oxygens (including phenoxy) is 1. The largest absolute Gasteiger partial charge is 0.497 e. The van der Waals surface area contributed by atoms with Crippen LogP contribution in [0.25, 0.3) is 11.4 Å². The Balaban J connectivity index is 1.58. The lowest BCUT2D eigenvalue weighted by molar-refractivity contribution is 0.409. The predicted molar refractivity (Wildman–Crippen MR) is 87.8 cm³/mol. The highest BCUT2D eigenvalue weighted by atomic mass is 16.5. The van der Waals surface area contributed by atoms with Gasteiger partial charge in [0.25, 0.3) is 0 Å². The van der Waals surface area contributed by atoms with Crippen molar-refractivity contribution in [1.82, 2.24) is 20.1 Å². The van der Waals surface area contributed by atoms with E-state index in [-0.39, 0.29) is 0 Å². The van der Waals surface area contributed by atoms with Crippen LogP contribution in [0.2, 0.25) is 0 Å². The van der Waals surface area contributed by atoms with Gasteiger partial charge in [-0.1, -0.05) is 17.3 Å². The highest BCUT2D eigenvalue weighted by Gasteiger charge is 2.22. The molecule has 122 valence electrons. The molecule has 3 heterocycles. The van der Waals surface area contributed by atoms with Gasteiger partial charge in [0.05, 0.1) is 19.3 Å². The Kier molecular flexibility index (Phi) is 3.60. The molecule has 0 atom stereocenters. The predicted octanol–water partition coefficient (Wildman–Crippen LogP) is 2.41. The van der Waals surface area contributed by atoms with Crippen molar-refractivity contribution in [3.05, 3.63) is 47.5 Å². The monoisotopic (exact) mass is 323 g/mol. The van der Waals surface area contributed by atoms with E-state index in [1.165, 1.54) is 0 Å². The number of aryl methyl sites for hydroxylation is 1. The van der Waals surface area contributed by atoms with E-state index < -0.39 is 0 Å². The fourth-order valence-electron chi connectivity index (χ4n) is 2.80. The van der Waals surface area contributed by atoms with E-state index in [9.17, 15) is 0 Å². The third-order valence-corrected chi connectivity index (χ3v) is 4.07. The first-order chi connectivity index (χ1) is 11.7. The van der Waals surface area contributed by atoms with Gasteiger partial charge < -0.3 is 14.2 Å². The number of nitrogens with zero attached hydrogens (tertiary/aromatic N) is 5. The van der Waals surface area contributed by atoms with E-state index in [4.69, 9.17) is 9.26 Å². The fourth-order valence-corrected chi connectivity index (χ4v) is 2.80. The second-order valence-electron chi connectivity index (χ2n) is 5.69. The van der Waals surface area contributed by atoms with Crippen LogP contribution < -0.4 is 9.64 Å². The standard InChI is InChI=1S/C17H17N5O2/c1-11-18-9-13-10-22(7-6-15(13)19-11)17-20-16(21-24-17)12-4-3-5-14(8-12)23-2/h3-5,8-9H,6-7,10H2,1-2H3. The summed E-state index contributed by atoms with van der Waals surface area (Å²) in [6.07, 6.45) is 2.72. The molecule has 2 aromatic heterocycles. The van der Waals surface area contributed by atoms with Gasteiger partial charge >= 0.3 is 6.01 Å². The first-order valence-corrected chi connectivity index (χ1v) is 7.77. The third-order valence-electron chi connectivity index (χ3n) is 4.07. The highest BCUT2D eigenvalue weighted by Crippen LogP contribution is 2.26. The van der Waals surface area contributed by atoms with E-state index in [2.05, 4.69) is 25.0 Å². The van der Waals surface area contributed by atoms with Gasteiger partial charge in [-0.3, -0.25) is 0 Å². The van der Waals surface area contributed by atoms with Gasteiger partial charge in [0.1, 0.15) is 11.6 Å². The highest BCUT2D eigenvalue weighted by molar-refractivity contribution is 5.58. The van der Waals surface area contributed by atoms with Crippen molar-refractivity contribution in [3.8, 4) is 17.1 Å². The molecule has 1 aliphatic rings. The molecule has 0 N–H and O–H groups in total. The third kappa shape index (κ3) is 2.68. The smallest absolute Gasteiger partial charge is 0.324 e. The lowest BCUT2D eigenvalue weighted by Crippen LogP contribution is -2.31. The first-order valence-electron chi connectivity index (χ1n) is 7.77. The molecule has 0 fully saturated rings. The first kappa shape index (κ1) is 14.6. The second-order valence-corrected chi connectivity index (χ2v) is 5.69. The van der Waals surface area contributed by atoms with E-state index in [1.54, 1.807) is 7.11 Å². The van der Waals surface area contributed by atoms with Crippen LogP contribution in [0, 0.1) is 6.92 Å². The second kappa shape index (κ2) is 5.92. The van der Waals surface area contributed by atoms with Crippen LogP contribution in [-0.2, 0) is 13.0 Å². The number of hydrogen-bond acceptors (Lipinski definition) is 7. The summed E-state index contributed by atoms with van der Waals surface area (Å²) in [5.74, 6) is 2.12. The van der Waals surface area contributed by atoms with Gasteiger partial charge in [-0.15, -0.1) is 0 Å². The number of anilines is 1. The molecular weight excluding hydrogens is 306 g/mol. The van der Waals surface area contributed by atoms with Crippen molar-refractivity contribution >= 4 is 6.01 Å². The Bertz CT molecular complexity index is 877. The molecule has 0 bridgehead atoms. The quantitative estimate of drug-likeness (QED) is 0.732. The van der Waals surface area contributed by atoms with Crippen molar-refractivity contribution in [2.75, 3.05) is 18.6 Å². The molecule has 0 aliphatic carbocycles. The molecule has 7 nitrogen and oxygen atoms in total. The maximum absolute atomic E-state index is 5.45.